The molecule has 0 heterocycles. The molecule has 0 aliphatic heterocycles. The second-order valence-corrected chi connectivity index (χ2v) is 6.04. The Morgan fingerprint density at radius 2 is 1.95 bits per heavy atom. The van der Waals surface area contributed by atoms with Crippen LogP contribution in [0.5, 0.6) is 0 Å². The fraction of sp³-hybridized carbons (Fsp3) is 0.364. The summed E-state index contributed by atoms with van der Waals surface area (Å²) in [5.74, 6) is -0.746. The van der Waals surface area contributed by atoms with Gasteiger partial charge >= 0.3 is 6.03 Å². The zero-order valence-electron chi connectivity index (χ0n) is 10.8. The molecule has 0 aliphatic rings. The van der Waals surface area contributed by atoms with E-state index < -0.39 is 26.8 Å². The zero-order valence-corrected chi connectivity index (χ0v) is 11.6. The van der Waals surface area contributed by atoms with Crippen molar-refractivity contribution in [1.82, 2.24) is 10.0 Å². The van der Waals surface area contributed by atoms with Crippen molar-refractivity contribution in [3.63, 3.8) is 0 Å². The molecule has 4 N–H and O–H groups in total. The zero-order chi connectivity index (χ0) is 14.8. The van der Waals surface area contributed by atoms with Crippen LogP contribution in [0.15, 0.2) is 17.0 Å². The van der Waals surface area contributed by atoms with Gasteiger partial charge in [0, 0.05) is 17.3 Å². The monoisotopic (exact) mass is 289 g/mol. The van der Waals surface area contributed by atoms with E-state index in [4.69, 9.17) is 5.73 Å². The number of carbonyl (C=O) groups is 1. The molecule has 106 valence electrons. The van der Waals surface area contributed by atoms with Crippen molar-refractivity contribution in [3.8, 4) is 0 Å². The molecule has 0 saturated heterocycles. The predicted molar refractivity (Wildman–Crippen MR) is 69.5 cm³/mol. The van der Waals surface area contributed by atoms with E-state index in [0.717, 1.165) is 12.1 Å². The van der Waals surface area contributed by atoms with Crippen molar-refractivity contribution in [2.45, 2.75) is 31.7 Å². The Kier molecular flexibility index (Phi) is 4.35. The molecule has 1 aromatic rings. The van der Waals surface area contributed by atoms with Crippen molar-refractivity contribution in [3.05, 3.63) is 23.5 Å². The number of rotatable bonds is 3. The van der Waals surface area contributed by atoms with Crippen molar-refractivity contribution in [2.24, 2.45) is 0 Å². The number of nitrogens with one attached hydrogen (secondary N) is 2. The minimum Gasteiger partial charge on any atom is -0.398 e. The maximum absolute atomic E-state index is 13.4. The third-order valence-corrected chi connectivity index (χ3v) is 3.63. The highest BCUT2D eigenvalue weighted by atomic mass is 32.2. The molecule has 2 amide bonds. The molecular formula is C11H16FN3O3S. The molecule has 0 bridgehead atoms. The second-order valence-electron chi connectivity index (χ2n) is 4.35. The lowest BCUT2D eigenvalue weighted by Gasteiger charge is -2.12. The van der Waals surface area contributed by atoms with Crippen LogP contribution in [-0.4, -0.2) is 20.5 Å². The Bertz CT molecular complexity index is 576. The van der Waals surface area contributed by atoms with Gasteiger partial charge in [0.25, 0.3) is 10.0 Å². The smallest absolute Gasteiger partial charge is 0.328 e. The number of nitrogen functional groups attached to an aromatic ring is 1. The summed E-state index contributed by atoms with van der Waals surface area (Å²) in [6, 6.07) is 0.810. The Balaban J connectivity index is 3.05. The Hall–Kier alpha value is -1.83. The van der Waals surface area contributed by atoms with Gasteiger partial charge in [0.15, 0.2) is 0 Å². The lowest BCUT2D eigenvalue weighted by atomic mass is 10.2. The highest BCUT2D eigenvalue weighted by molar-refractivity contribution is 7.90. The van der Waals surface area contributed by atoms with Crippen molar-refractivity contribution in [1.29, 1.82) is 0 Å². The number of sulfonamides is 1. The summed E-state index contributed by atoms with van der Waals surface area (Å²) in [5, 5.41) is 2.36. The first kappa shape index (κ1) is 15.2. The highest BCUT2D eigenvalue weighted by Gasteiger charge is 2.20. The summed E-state index contributed by atoms with van der Waals surface area (Å²) in [6.45, 7) is 4.78. The van der Waals surface area contributed by atoms with Crippen LogP contribution < -0.4 is 15.8 Å². The highest BCUT2D eigenvalue weighted by Crippen LogP contribution is 2.20. The minimum atomic E-state index is -4.15. The molecule has 1 aromatic carbocycles. The van der Waals surface area contributed by atoms with Crippen LogP contribution >= 0.6 is 0 Å². The Morgan fingerprint density at radius 3 is 2.42 bits per heavy atom. The van der Waals surface area contributed by atoms with E-state index in [0.29, 0.717) is 0 Å². The number of hydrogen-bond donors (Lipinski definition) is 3. The van der Waals surface area contributed by atoms with E-state index >= 15 is 0 Å². The van der Waals surface area contributed by atoms with Crippen LogP contribution in [0.2, 0.25) is 0 Å². The van der Waals surface area contributed by atoms with Gasteiger partial charge in [-0.2, -0.15) is 0 Å². The molecule has 0 radical (unpaired) electrons. The van der Waals surface area contributed by atoms with Gasteiger partial charge in [0.1, 0.15) is 5.82 Å². The maximum Gasteiger partial charge on any atom is 0.328 e. The van der Waals surface area contributed by atoms with Crippen LogP contribution in [0.1, 0.15) is 19.4 Å². The number of amides is 2. The molecule has 0 fully saturated rings. The van der Waals surface area contributed by atoms with E-state index in [-0.39, 0.29) is 17.3 Å². The van der Waals surface area contributed by atoms with Gasteiger partial charge in [0.2, 0.25) is 0 Å². The summed E-state index contributed by atoms with van der Waals surface area (Å²) in [6.07, 6.45) is 0. The van der Waals surface area contributed by atoms with Gasteiger partial charge in [-0.3, -0.25) is 0 Å². The second kappa shape index (κ2) is 5.43. The van der Waals surface area contributed by atoms with Gasteiger partial charge in [0.05, 0.1) is 4.90 Å². The molecule has 6 nitrogen and oxygen atoms in total. The van der Waals surface area contributed by atoms with Crippen LogP contribution in [0.4, 0.5) is 14.9 Å². The molecule has 0 atom stereocenters. The third kappa shape index (κ3) is 3.82. The normalized spacial score (nSPS) is 11.4. The fourth-order valence-corrected chi connectivity index (χ4v) is 2.26. The number of nitrogens with two attached hydrogens (primary N) is 1. The summed E-state index contributed by atoms with van der Waals surface area (Å²) >= 11 is 0. The van der Waals surface area contributed by atoms with E-state index in [9.17, 15) is 17.6 Å². The minimum absolute atomic E-state index is 0.00430. The molecular weight excluding hydrogens is 273 g/mol. The number of anilines is 1. The van der Waals surface area contributed by atoms with Crippen molar-refractivity contribution >= 4 is 21.7 Å². The third-order valence-electron chi connectivity index (χ3n) is 2.32. The molecule has 0 saturated carbocycles. The van der Waals surface area contributed by atoms with Crippen molar-refractivity contribution < 1.29 is 17.6 Å². The van der Waals surface area contributed by atoms with E-state index in [1.54, 1.807) is 18.6 Å². The first-order chi connectivity index (χ1) is 8.63. The van der Waals surface area contributed by atoms with Gasteiger partial charge in [-0.05, 0) is 32.9 Å². The molecule has 8 heteroatoms. The molecule has 0 spiro atoms. The quantitative estimate of drug-likeness (QED) is 0.725. The summed E-state index contributed by atoms with van der Waals surface area (Å²) in [4.78, 5) is 11.0. The fourth-order valence-electron chi connectivity index (χ4n) is 1.30. The largest absolute Gasteiger partial charge is 0.398 e. The molecule has 1 rings (SSSR count). The molecule has 0 unspecified atom stereocenters. The number of benzene rings is 1. The van der Waals surface area contributed by atoms with Crippen LogP contribution in [0.3, 0.4) is 0 Å². The standard InChI is InChI=1S/C11H16FN3O3S/c1-6(2)14-11(16)15-19(17,18)8-4-9(12)7(3)10(13)5-8/h4-6H,13H2,1-3H3,(H2,14,15,16). The molecule has 0 aliphatic carbocycles. The average Bonchev–Trinajstić information content (AvgIpc) is 2.22. The van der Waals surface area contributed by atoms with E-state index in [1.807, 2.05) is 0 Å². The number of carbonyl (C=O) groups excluding carboxylic acids is 1. The van der Waals surface area contributed by atoms with Crippen LogP contribution in [0.25, 0.3) is 0 Å². The van der Waals surface area contributed by atoms with Gasteiger partial charge in [-0.15, -0.1) is 0 Å². The van der Waals surface area contributed by atoms with Gasteiger partial charge < -0.3 is 11.1 Å². The van der Waals surface area contributed by atoms with Crippen molar-refractivity contribution in [2.75, 3.05) is 5.73 Å². The number of hydrogen-bond acceptors (Lipinski definition) is 4. The van der Waals surface area contributed by atoms with E-state index in [1.165, 1.54) is 6.92 Å². The first-order valence-electron chi connectivity index (χ1n) is 5.52. The summed E-state index contributed by atoms with van der Waals surface area (Å²) in [5.41, 5.74) is 5.66. The lowest BCUT2D eigenvalue weighted by molar-refractivity contribution is 0.243. The maximum atomic E-state index is 13.4. The van der Waals surface area contributed by atoms with Crippen LogP contribution in [0, 0.1) is 12.7 Å². The van der Waals surface area contributed by atoms with Gasteiger partial charge in [-0.25, -0.2) is 22.3 Å². The molecule has 0 aromatic heterocycles. The SMILES string of the molecule is Cc1c(N)cc(S(=O)(=O)NC(=O)NC(C)C)cc1F. The predicted octanol–water partition coefficient (Wildman–Crippen LogP) is 1.11. The lowest BCUT2D eigenvalue weighted by Crippen LogP contribution is -2.42. The van der Waals surface area contributed by atoms with Crippen LogP contribution in [-0.2, 0) is 10.0 Å². The molecule has 19 heavy (non-hydrogen) atoms. The Labute approximate surface area is 111 Å². The van der Waals surface area contributed by atoms with E-state index in [2.05, 4.69) is 5.32 Å². The topological polar surface area (TPSA) is 101 Å². The average molecular weight is 289 g/mol. The van der Waals surface area contributed by atoms with Gasteiger partial charge in [-0.1, -0.05) is 0 Å². The first-order valence-corrected chi connectivity index (χ1v) is 7.00. The number of urea groups is 1. The summed E-state index contributed by atoms with van der Waals surface area (Å²) < 4.78 is 38.9. The Morgan fingerprint density at radius 1 is 1.37 bits per heavy atom. The number of halogens is 1. The summed E-state index contributed by atoms with van der Waals surface area (Å²) in [7, 11) is -4.15.